The average molecular weight is 374 g/mol. The molecule has 1 heterocycles. The number of morpholine rings is 1. The zero-order chi connectivity index (χ0) is 19.4. The van der Waals surface area contributed by atoms with Crippen LogP contribution in [0.15, 0.2) is 24.3 Å². The molecule has 2 fully saturated rings. The van der Waals surface area contributed by atoms with Crippen LogP contribution in [0.1, 0.15) is 51.2 Å². The Morgan fingerprint density at radius 3 is 2.52 bits per heavy atom. The molecule has 1 aliphatic carbocycles. The SMILES string of the molecule is CC(C)CN1C(=O)CO[C@H](c2ccc(NC(=O)C3CCCC3)cc2)[C@H]1CO. The van der Waals surface area contributed by atoms with Gasteiger partial charge in [0.05, 0.1) is 12.6 Å². The molecule has 1 aliphatic heterocycles. The summed E-state index contributed by atoms with van der Waals surface area (Å²) in [5.41, 5.74) is 1.66. The quantitative estimate of drug-likeness (QED) is 0.802. The number of hydrogen-bond acceptors (Lipinski definition) is 4. The molecule has 1 aromatic carbocycles. The van der Waals surface area contributed by atoms with Gasteiger partial charge in [-0.2, -0.15) is 0 Å². The van der Waals surface area contributed by atoms with Crippen LogP contribution in [0.4, 0.5) is 5.69 Å². The molecule has 148 valence electrons. The first-order chi connectivity index (χ1) is 13.0. The van der Waals surface area contributed by atoms with Gasteiger partial charge in [-0.25, -0.2) is 0 Å². The van der Waals surface area contributed by atoms with E-state index in [2.05, 4.69) is 5.32 Å². The van der Waals surface area contributed by atoms with Crippen LogP contribution in [-0.2, 0) is 14.3 Å². The van der Waals surface area contributed by atoms with Crippen molar-refractivity contribution in [2.45, 2.75) is 51.7 Å². The smallest absolute Gasteiger partial charge is 0.249 e. The summed E-state index contributed by atoms with van der Waals surface area (Å²) in [4.78, 5) is 26.2. The van der Waals surface area contributed by atoms with Gasteiger partial charge in [0, 0.05) is 18.2 Å². The molecule has 0 aromatic heterocycles. The summed E-state index contributed by atoms with van der Waals surface area (Å²) in [7, 11) is 0. The summed E-state index contributed by atoms with van der Waals surface area (Å²) >= 11 is 0. The first-order valence-electron chi connectivity index (χ1n) is 9.92. The minimum absolute atomic E-state index is 0.0219. The summed E-state index contributed by atoms with van der Waals surface area (Å²) in [6.07, 6.45) is 3.83. The fourth-order valence-electron chi connectivity index (χ4n) is 4.04. The average Bonchev–Trinajstić information content (AvgIpc) is 3.18. The van der Waals surface area contributed by atoms with Gasteiger partial charge >= 0.3 is 0 Å². The van der Waals surface area contributed by atoms with E-state index in [-0.39, 0.29) is 37.0 Å². The van der Waals surface area contributed by atoms with Crippen molar-refractivity contribution in [2.75, 3.05) is 25.1 Å². The van der Waals surface area contributed by atoms with Crippen LogP contribution in [-0.4, -0.2) is 47.6 Å². The summed E-state index contributed by atoms with van der Waals surface area (Å²) in [6, 6.07) is 7.14. The number of benzene rings is 1. The lowest BCUT2D eigenvalue weighted by atomic mass is 9.98. The van der Waals surface area contributed by atoms with E-state index in [1.165, 1.54) is 0 Å². The van der Waals surface area contributed by atoms with Crippen LogP contribution in [0.5, 0.6) is 0 Å². The topological polar surface area (TPSA) is 78.9 Å². The molecule has 0 spiro atoms. The van der Waals surface area contributed by atoms with Crippen molar-refractivity contribution in [3.8, 4) is 0 Å². The molecule has 0 unspecified atom stereocenters. The molecular formula is C21H30N2O4. The first-order valence-corrected chi connectivity index (χ1v) is 9.92. The van der Waals surface area contributed by atoms with Crippen LogP contribution in [0.25, 0.3) is 0 Å². The number of carbonyl (C=O) groups excluding carboxylic acids is 2. The third kappa shape index (κ3) is 4.68. The van der Waals surface area contributed by atoms with Crippen LogP contribution >= 0.6 is 0 Å². The minimum Gasteiger partial charge on any atom is -0.394 e. The number of nitrogens with zero attached hydrogens (tertiary/aromatic N) is 1. The Hall–Kier alpha value is -1.92. The number of rotatable bonds is 6. The van der Waals surface area contributed by atoms with Gasteiger partial charge in [0.1, 0.15) is 12.7 Å². The predicted molar refractivity (Wildman–Crippen MR) is 103 cm³/mol. The van der Waals surface area contributed by atoms with E-state index in [1.807, 2.05) is 38.1 Å². The van der Waals surface area contributed by atoms with Gasteiger partial charge < -0.3 is 20.1 Å². The van der Waals surface area contributed by atoms with Gasteiger partial charge in [-0.15, -0.1) is 0 Å². The van der Waals surface area contributed by atoms with Gasteiger partial charge in [0.15, 0.2) is 0 Å². The van der Waals surface area contributed by atoms with Gasteiger partial charge in [-0.1, -0.05) is 38.8 Å². The molecule has 27 heavy (non-hydrogen) atoms. The molecule has 2 atom stereocenters. The zero-order valence-corrected chi connectivity index (χ0v) is 16.2. The van der Waals surface area contributed by atoms with Crippen molar-refractivity contribution in [1.82, 2.24) is 4.90 Å². The molecule has 2 aliphatic rings. The second-order valence-corrected chi connectivity index (χ2v) is 8.01. The Balaban J connectivity index is 1.69. The van der Waals surface area contributed by atoms with Crippen molar-refractivity contribution >= 4 is 17.5 Å². The lowest BCUT2D eigenvalue weighted by Crippen LogP contribution is -2.53. The van der Waals surface area contributed by atoms with Gasteiger partial charge in [-0.3, -0.25) is 9.59 Å². The third-order valence-electron chi connectivity index (χ3n) is 5.44. The molecule has 0 bridgehead atoms. The molecular weight excluding hydrogens is 344 g/mol. The lowest BCUT2D eigenvalue weighted by molar-refractivity contribution is -0.161. The van der Waals surface area contributed by atoms with Crippen molar-refractivity contribution in [1.29, 1.82) is 0 Å². The second-order valence-electron chi connectivity index (χ2n) is 8.01. The highest BCUT2D eigenvalue weighted by molar-refractivity contribution is 5.92. The van der Waals surface area contributed by atoms with Crippen molar-refractivity contribution in [3.63, 3.8) is 0 Å². The number of ether oxygens (including phenoxy) is 1. The van der Waals surface area contributed by atoms with Crippen molar-refractivity contribution in [3.05, 3.63) is 29.8 Å². The lowest BCUT2D eigenvalue weighted by Gasteiger charge is -2.41. The fraction of sp³-hybridized carbons (Fsp3) is 0.619. The van der Waals surface area contributed by atoms with E-state index in [9.17, 15) is 14.7 Å². The van der Waals surface area contributed by atoms with Gasteiger partial charge in [0.2, 0.25) is 11.8 Å². The standard InChI is InChI=1S/C21H30N2O4/c1-14(2)11-23-18(12-24)20(27-13-19(23)25)15-7-9-17(10-8-15)22-21(26)16-5-3-4-6-16/h7-10,14,16,18,20,24H,3-6,11-13H2,1-2H3,(H,22,26)/t18-,20-/m1/s1. The van der Waals surface area contributed by atoms with E-state index >= 15 is 0 Å². The maximum absolute atomic E-state index is 12.3. The Labute approximate surface area is 160 Å². The fourth-order valence-corrected chi connectivity index (χ4v) is 4.04. The number of carbonyl (C=O) groups is 2. The molecule has 1 saturated heterocycles. The third-order valence-corrected chi connectivity index (χ3v) is 5.44. The summed E-state index contributed by atoms with van der Waals surface area (Å²) < 4.78 is 5.76. The van der Waals surface area contributed by atoms with Gasteiger partial charge in [-0.05, 0) is 36.5 Å². The Morgan fingerprint density at radius 2 is 1.93 bits per heavy atom. The van der Waals surface area contributed by atoms with Crippen molar-refractivity contribution in [2.24, 2.45) is 11.8 Å². The van der Waals surface area contributed by atoms with E-state index in [0.717, 1.165) is 36.9 Å². The maximum Gasteiger partial charge on any atom is 0.249 e. The van der Waals surface area contributed by atoms with Crippen LogP contribution in [0, 0.1) is 11.8 Å². The monoisotopic (exact) mass is 374 g/mol. The predicted octanol–water partition coefficient (Wildman–Crippen LogP) is 2.73. The number of nitrogens with one attached hydrogen (secondary N) is 1. The number of anilines is 1. The maximum atomic E-state index is 12.3. The second kappa shape index (κ2) is 8.85. The molecule has 3 rings (SSSR count). The molecule has 0 radical (unpaired) electrons. The highest BCUT2D eigenvalue weighted by Crippen LogP contribution is 2.31. The molecule has 2 N–H and O–H groups in total. The zero-order valence-electron chi connectivity index (χ0n) is 16.2. The normalized spacial score (nSPS) is 23.9. The Bertz CT molecular complexity index is 653. The highest BCUT2D eigenvalue weighted by atomic mass is 16.5. The van der Waals surface area contributed by atoms with E-state index in [1.54, 1.807) is 4.90 Å². The summed E-state index contributed by atoms with van der Waals surface area (Å²) in [5.74, 6) is 0.450. The van der Waals surface area contributed by atoms with Gasteiger partial charge in [0.25, 0.3) is 0 Å². The minimum atomic E-state index is -0.396. The van der Waals surface area contributed by atoms with E-state index in [4.69, 9.17) is 4.74 Å². The molecule has 1 saturated carbocycles. The Kier molecular flexibility index (Phi) is 6.50. The molecule has 6 heteroatoms. The molecule has 2 amide bonds. The van der Waals surface area contributed by atoms with E-state index < -0.39 is 6.04 Å². The van der Waals surface area contributed by atoms with Crippen LogP contribution < -0.4 is 5.32 Å². The van der Waals surface area contributed by atoms with E-state index in [0.29, 0.717) is 12.5 Å². The Morgan fingerprint density at radius 1 is 1.26 bits per heavy atom. The first kappa shape index (κ1) is 19.8. The van der Waals surface area contributed by atoms with Crippen molar-refractivity contribution < 1.29 is 19.4 Å². The molecule has 1 aromatic rings. The number of amides is 2. The van der Waals surface area contributed by atoms with Crippen LogP contribution in [0.2, 0.25) is 0 Å². The number of aliphatic hydroxyl groups excluding tert-OH is 1. The molecule has 6 nitrogen and oxygen atoms in total. The summed E-state index contributed by atoms with van der Waals surface area (Å²) in [6.45, 7) is 4.57. The number of hydrogen-bond donors (Lipinski definition) is 2. The number of aliphatic hydroxyl groups is 1. The summed E-state index contributed by atoms with van der Waals surface area (Å²) in [5, 5.41) is 12.9. The van der Waals surface area contributed by atoms with Crippen LogP contribution in [0.3, 0.4) is 0 Å². The highest BCUT2D eigenvalue weighted by Gasteiger charge is 2.37. The largest absolute Gasteiger partial charge is 0.394 e.